The second-order valence-corrected chi connectivity index (χ2v) is 3.96. The Balaban J connectivity index is 1.71. The zero-order valence-electron chi connectivity index (χ0n) is 10.1. The fourth-order valence-corrected chi connectivity index (χ4v) is 1.48. The molecule has 0 aliphatic carbocycles. The van der Waals surface area contributed by atoms with Gasteiger partial charge in [0.2, 0.25) is 5.89 Å². The molecular formula is C12H16N4O. The van der Waals surface area contributed by atoms with Crippen molar-refractivity contribution in [3.8, 4) is 0 Å². The number of aryl methyl sites for hydroxylation is 2. The number of aromatic nitrogens is 3. The maximum absolute atomic E-state index is 4.89. The molecule has 5 nitrogen and oxygen atoms in total. The zero-order chi connectivity index (χ0) is 12.1. The smallest absolute Gasteiger partial charge is 0.223 e. The van der Waals surface area contributed by atoms with Crippen LogP contribution in [0.25, 0.3) is 0 Å². The van der Waals surface area contributed by atoms with Gasteiger partial charge < -0.3 is 9.84 Å². The van der Waals surface area contributed by atoms with Gasteiger partial charge in [0.25, 0.3) is 0 Å². The Kier molecular flexibility index (Phi) is 3.82. The summed E-state index contributed by atoms with van der Waals surface area (Å²) in [6.07, 6.45) is 2.66. The van der Waals surface area contributed by atoms with E-state index in [1.54, 1.807) is 6.92 Å². The summed E-state index contributed by atoms with van der Waals surface area (Å²) in [7, 11) is 0. The molecule has 0 radical (unpaired) electrons. The third kappa shape index (κ3) is 3.64. The SMILES string of the molecule is Cc1ccc(CNCCc2noc(C)n2)cn1. The van der Waals surface area contributed by atoms with Crippen LogP contribution in [-0.4, -0.2) is 21.7 Å². The van der Waals surface area contributed by atoms with Crippen molar-refractivity contribution in [2.24, 2.45) is 0 Å². The summed E-state index contributed by atoms with van der Waals surface area (Å²) >= 11 is 0. The van der Waals surface area contributed by atoms with Crippen LogP contribution in [-0.2, 0) is 13.0 Å². The van der Waals surface area contributed by atoms with Gasteiger partial charge in [0.15, 0.2) is 5.82 Å². The quantitative estimate of drug-likeness (QED) is 0.790. The number of rotatable bonds is 5. The molecule has 0 saturated carbocycles. The molecule has 5 heteroatoms. The van der Waals surface area contributed by atoms with Crippen LogP contribution in [0.2, 0.25) is 0 Å². The van der Waals surface area contributed by atoms with Gasteiger partial charge in [-0.25, -0.2) is 0 Å². The first-order chi connectivity index (χ1) is 8.24. The van der Waals surface area contributed by atoms with Gasteiger partial charge in [0.05, 0.1) is 0 Å². The Morgan fingerprint density at radius 3 is 2.82 bits per heavy atom. The van der Waals surface area contributed by atoms with Crippen molar-refractivity contribution in [2.75, 3.05) is 6.54 Å². The highest BCUT2D eigenvalue weighted by molar-refractivity contribution is 5.12. The number of hydrogen-bond acceptors (Lipinski definition) is 5. The highest BCUT2D eigenvalue weighted by atomic mass is 16.5. The first-order valence-corrected chi connectivity index (χ1v) is 5.65. The highest BCUT2D eigenvalue weighted by Gasteiger charge is 2.01. The number of pyridine rings is 1. The number of nitrogens with zero attached hydrogens (tertiary/aromatic N) is 3. The summed E-state index contributed by atoms with van der Waals surface area (Å²) in [4.78, 5) is 8.38. The van der Waals surface area contributed by atoms with E-state index in [-0.39, 0.29) is 0 Å². The summed E-state index contributed by atoms with van der Waals surface area (Å²) in [6.45, 7) is 5.41. The average molecular weight is 232 g/mol. The lowest BCUT2D eigenvalue weighted by atomic mass is 10.2. The predicted molar refractivity (Wildman–Crippen MR) is 63.4 cm³/mol. The molecule has 17 heavy (non-hydrogen) atoms. The van der Waals surface area contributed by atoms with Crippen molar-refractivity contribution in [1.82, 2.24) is 20.4 Å². The second kappa shape index (κ2) is 5.54. The van der Waals surface area contributed by atoms with Crippen LogP contribution in [0.3, 0.4) is 0 Å². The van der Waals surface area contributed by atoms with Gasteiger partial charge in [-0.05, 0) is 18.6 Å². The van der Waals surface area contributed by atoms with E-state index in [0.717, 1.165) is 31.0 Å². The van der Waals surface area contributed by atoms with E-state index in [1.807, 2.05) is 19.2 Å². The largest absolute Gasteiger partial charge is 0.340 e. The highest BCUT2D eigenvalue weighted by Crippen LogP contribution is 1.99. The standard InChI is InChI=1S/C12H16N4O/c1-9-3-4-11(8-14-9)7-13-6-5-12-15-10(2)17-16-12/h3-4,8,13H,5-7H2,1-2H3. The molecule has 0 aliphatic rings. The van der Waals surface area contributed by atoms with Crippen LogP contribution in [0, 0.1) is 13.8 Å². The van der Waals surface area contributed by atoms with Gasteiger partial charge in [-0.3, -0.25) is 4.98 Å². The lowest BCUT2D eigenvalue weighted by Crippen LogP contribution is -2.17. The third-order valence-electron chi connectivity index (χ3n) is 2.40. The summed E-state index contributed by atoms with van der Waals surface area (Å²) in [5.41, 5.74) is 2.22. The van der Waals surface area contributed by atoms with Crippen LogP contribution in [0.5, 0.6) is 0 Å². The Labute approximate surface area is 100 Å². The minimum absolute atomic E-state index is 0.614. The second-order valence-electron chi connectivity index (χ2n) is 3.96. The number of nitrogens with one attached hydrogen (secondary N) is 1. The average Bonchev–Trinajstić information content (AvgIpc) is 2.73. The van der Waals surface area contributed by atoms with Crippen molar-refractivity contribution in [3.63, 3.8) is 0 Å². The van der Waals surface area contributed by atoms with Crippen LogP contribution >= 0.6 is 0 Å². The van der Waals surface area contributed by atoms with Gasteiger partial charge in [-0.2, -0.15) is 4.98 Å². The summed E-state index contributed by atoms with van der Waals surface area (Å²) in [5, 5.41) is 7.15. The van der Waals surface area contributed by atoms with E-state index in [9.17, 15) is 0 Å². The molecule has 0 aromatic carbocycles. The Morgan fingerprint density at radius 2 is 2.18 bits per heavy atom. The first kappa shape index (κ1) is 11.7. The van der Waals surface area contributed by atoms with Crippen LogP contribution in [0.1, 0.15) is 23.0 Å². The fraction of sp³-hybridized carbons (Fsp3) is 0.417. The third-order valence-corrected chi connectivity index (χ3v) is 2.40. The molecule has 0 spiro atoms. The molecule has 0 fully saturated rings. The predicted octanol–water partition coefficient (Wildman–Crippen LogP) is 1.41. The van der Waals surface area contributed by atoms with E-state index in [2.05, 4.69) is 26.5 Å². The Morgan fingerprint density at radius 1 is 1.29 bits per heavy atom. The molecule has 2 aromatic heterocycles. The van der Waals surface area contributed by atoms with Crippen LogP contribution in [0.15, 0.2) is 22.9 Å². The molecule has 1 N–H and O–H groups in total. The van der Waals surface area contributed by atoms with Crippen molar-refractivity contribution < 1.29 is 4.52 Å². The molecular weight excluding hydrogens is 216 g/mol. The molecule has 2 rings (SSSR count). The van der Waals surface area contributed by atoms with Crippen molar-refractivity contribution >= 4 is 0 Å². The van der Waals surface area contributed by atoms with Gasteiger partial charge in [-0.15, -0.1) is 0 Å². The lowest BCUT2D eigenvalue weighted by molar-refractivity contribution is 0.387. The molecule has 2 heterocycles. The maximum Gasteiger partial charge on any atom is 0.223 e. The van der Waals surface area contributed by atoms with Gasteiger partial charge in [0.1, 0.15) is 0 Å². The van der Waals surface area contributed by atoms with Crippen molar-refractivity contribution in [3.05, 3.63) is 41.3 Å². The van der Waals surface area contributed by atoms with Crippen molar-refractivity contribution in [2.45, 2.75) is 26.8 Å². The van der Waals surface area contributed by atoms with E-state index in [4.69, 9.17) is 4.52 Å². The summed E-state index contributed by atoms with van der Waals surface area (Å²) in [6, 6.07) is 4.09. The molecule has 0 bridgehead atoms. The number of hydrogen-bond donors (Lipinski definition) is 1. The van der Waals surface area contributed by atoms with E-state index >= 15 is 0 Å². The normalized spacial score (nSPS) is 10.7. The molecule has 0 amide bonds. The molecule has 0 saturated heterocycles. The first-order valence-electron chi connectivity index (χ1n) is 5.65. The molecule has 0 aliphatic heterocycles. The monoisotopic (exact) mass is 232 g/mol. The van der Waals surface area contributed by atoms with E-state index in [0.29, 0.717) is 5.89 Å². The summed E-state index contributed by atoms with van der Waals surface area (Å²) in [5.74, 6) is 1.36. The molecule has 90 valence electrons. The Bertz CT molecular complexity index is 464. The van der Waals surface area contributed by atoms with Crippen LogP contribution < -0.4 is 5.32 Å². The molecule has 0 atom stereocenters. The molecule has 2 aromatic rings. The Hall–Kier alpha value is -1.75. The van der Waals surface area contributed by atoms with Gasteiger partial charge >= 0.3 is 0 Å². The van der Waals surface area contributed by atoms with E-state index in [1.165, 1.54) is 5.56 Å². The molecule has 0 unspecified atom stereocenters. The zero-order valence-corrected chi connectivity index (χ0v) is 10.1. The van der Waals surface area contributed by atoms with E-state index < -0.39 is 0 Å². The fourth-order valence-electron chi connectivity index (χ4n) is 1.48. The lowest BCUT2D eigenvalue weighted by Gasteiger charge is -2.02. The van der Waals surface area contributed by atoms with Crippen molar-refractivity contribution in [1.29, 1.82) is 0 Å². The van der Waals surface area contributed by atoms with Gasteiger partial charge in [0, 0.05) is 38.3 Å². The topological polar surface area (TPSA) is 63.8 Å². The van der Waals surface area contributed by atoms with Gasteiger partial charge in [-0.1, -0.05) is 11.2 Å². The minimum Gasteiger partial charge on any atom is -0.340 e. The maximum atomic E-state index is 4.89. The minimum atomic E-state index is 0.614. The van der Waals surface area contributed by atoms with Crippen LogP contribution in [0.4, 0.5) is 0 Å². The summed E-state index contributed by atoms with van der Waals surface area (Å²) < 4.78 is 4.89.